The fourth-order valence-corrected chi connectivity index (χ4v) is 2.06. The molecule has 1 aliphatic rings. The minimum atomic E-state index is -0.426. The van der Waals surface area contributed by atoms with E-state index in [-0.39, 0.29) is 12.5 Å². The first kappa shape index (κ1) is 13.9. The predicted octanol–water partition coefficient (Wildman–Crippen LogP) is -0.497. The van der Waals surface area contributed by atoms with Crippen LogP contribution >= 0.6 is 0 Å². The van der Waals surface area contributed by atoms with Gasteiger partial charge in [-0.1, -0.05) is 0 Å². The van der Waals surface area contributed by atoms with Crippen LogP contribution in [0.15, 0.2) is 0 Å². The molecule has 6 nitrogen and oxygen atoms in total. The fraction of sp³-hybridized carbons (Fsp3) is 0.818. The second kappa shape index (κ2) is 7.24. The van der Waals surface area contributed by atoms with Crippen molar-refractivity contribution < 1.29 is 9.59 Å². The maximum Gasteiger partial charge on any atom is 0.321 e. The summed E-state index contributed by atoms with van der Waals surface area (Å²) in [5, 5.41) is 4.82. The monoisotopic (exact) mass is 242 g/mol. The Balaban J connectivity index is 2.28. The van der Waals surface area contributed by atoms with Crippen LogP contribution < -0.4 is 16.4 Å². The first-order valence-electron chi connectivity index (χ1n) is 6.15. The van der Waals surface area contributed by atoms with Crippen molar-refractivity contribution in [2.45, 2.75) is 19.8 Å². The Morgan fingerprint density at radius 1 is 1.47 bits per heavy atom. The van der Waals surface area contributed by atoms with Gasteiger partial charge in [-0.15, -0.1) is 0 Å². The molecule has 98 valence electrons. The summed E-state index contributed by atoms with van der Waals surface area (Å²) in [6, 6.07) is -0.426. The molecule has 0 radical (unpaired) electrons. The number of nitrogens with one attached hydrogen (secondary N) is 2. The topological polar surface area (TPSA) is 87.5 Å². The maximum atomic E-state index is 11.5. The molecule has 1 aliphatic heterocycles. The third kappa shape index (κ3) is 5.14. The van der Waals surface area contributed by atoms with Crippen LogP contribution in [-0.2, 0) is 4.79 Å². The summed E-state index contributed by atoms with van der Waals surface area (Å²) < 4.78 is 0. The zero-order valence-corrected chi connectivity index (χ0v) is 10.4. The molecule has 1 atom stereocenters. The average Bonchev–Trinajstić information content (AvgIpc) is 2.29. The molecule has 1 heterocycles. The Bertz CT molecular complexity index is 270. The van der Waals surface area contributed by atoms with Crippen LogP contribution in [0.3, 0.4) is 0 Å². The van der Waals surface area contributed by atoms with E-state index in [2.05, 4.69) is 15.5 Å². The van der Waals surface area contributed by atoms with Gasteiger partial charge in [0, 0.05) is 13.1 Å². The number of likely N-dealkylation sites (tertiary alicyclic amines) is 1. The van der Waals surface area contributed by atoms with Gasteiger partial charge in [0.2, 0.25) is 5.91 Å². The molecule has 6 heteroatoms. The van der Waals surface area contributed by atoms with Crippen LogP contribution in [-0.4, -0.2) is 49.6 Å². The van der Waals surface area contributed by atoms with Crippen LogP contribution in [0.1, 0.15) is 19.8 Å². The number of carbonyl (C=O) groups is 2. The highest BCUT2D eigenvalue weighted by molar-refractivity contribution is 5.95. The van der Waals surface area contributed by atoms with Crippen molar-refractivity contribution in [3.8, 4) is 0 Å². The van der Waals surface area contributed by atoms with Crippen molar-refractivity contribution in [1.29, 1.82) is 0 Å². The standard InChI is InChI=1S/C11H22N4O2/c1-2-13-11(17)14-10(16)8-15-5-3-4-9(6-12)7-15/h9H,2-8,12H2,1H3,(H2,13,14,16,17). The van der Waals surface area contributed by atoms with E-state index in [0.29, 0.717) is 19.0 Å². The first-order valence-corrected chi connectivity index (χ1v) is 6.15. The molecule has 1 saturated heterocycles. The maximum absolute atomic E-state index is 11.5. The summed E-state index contributed by atoms with van der Waals surface area (Å²) in [7, 11) is 0. The van der Waals surface area contributed by atoms with Crippen LogP contribution in [0.2, 0.25) is 0 Å². The Morgan fingerprint density at radius 2 is 2.24 bits per heavy atom. The number of piperidine rings is 1. The minimum Gasteiger partial charge on any atom is -0.338 e. The van der Waals surface area contributed by atoms with Crippen LogP contribution in [0.4, 0.5) is 4.79 Å². The van der Waals surface area contributed by atoms with E-state index >= 15 is 0 Å². The number of urea groups is 1. The zero-order valence-electron chi connectivity index (χ0n) is 10.4. The summed E-state index contributed by atoms with van der Waals surface area (Å²) in [6.45, 7) is 5.00. The molecule has 1 fully saturated rings. The molecule has 0 bridgehead atoms. The molecule has 0 aromatic rings. The van der Waals surface area contributed by atoms with Gasteiger partial charge in [0.05, 0.1) is 6.54 Å². The van der Waals surface area contributed by atoms with Gasteiger partial charge >= 0.3 is 6.03 Å². The number of hydrogen-bond acceptors (Lipinski definition) is 4. The number of nitrogens with two attached hydrogens (primary N) is 1. The third-order valence-corrected chi connectivity index (χ3v) is 2.89. The van der Waals surface area contributed by atoms with Gasteiger partial charge in [-0.25, -0.2) is 4.79 Å². The molecule has 1 unspecified atom stereocenters. The Labute approximate surface area is 102 Å². The smallest absolute Gasteiger partial charge is 0.321 e. The van der Waals surface area contributed by atoms with Crippen LogP contribution in [0, 0.1) is 5.92 Å². The highest BCUT2D eigenvalue weighted by Crippen LogP contribution is 2.14. The lowest BCUT2D eigenvalue weighted by Gasteiger charge is -2.31. The lowest BCUT2D eigenvalue weighted by Crippen LogP contribution is -2.47. The van der Waals surface area contributed by atoms with Crippen molar-refractivity contribution in [3.63, 3.8) is 0 Å². The van der Waals surface area contributed by atoms with E-state index < -0.39 is 6.03 Å². The average molecular weight is 242 g/mol. The summed E-state index contributed by atoms with van der Waals surface area (Å²) in [5.41, 5.74) is 5.63. The SMILES string of the molecule is CCNC(=O)NC(=O)CN1CCCC(CN)C1. The molecular formula is C11H22N4O2. The van der Waals surface area contributed by atoms with Gasteiger partial charge in [0.15, 0.2) is 0 Å². The summed E-state index contributed by atoms with van der Waals surface area (Å²) >= 11 is 0. The van der Waals surface area contributed by atoms with Gasteiger partial charge in [-0.2, -0.15) is 0 Å². The van der Waals surface area contributed by atoms with Crippen molar-refractivity contribution in [1.82, 2.24) is 15.5 Å². The second-order valence-corrected chi connectivity index (χ2v) is 4.39. The number of hydrogen-bond donors (Lipinski definition) is 3. The minimum absolute atomic E-state index is 0.256. The normalized spacial score (nSPS) is 20.9. The Hall–Kier alpha value is -1.14. The number of nitrogens with zero attached hydrogens (tertiary/aromatic N) is 1. The molecule has 1 rings (SSSR count). The van der Waals surface area contributed by atoms with Crippen molar-refractivity contribution in [2.24, 2.45) is 11.7 Å². The van der Waals surface area contributed by atoms with E-state index in [1.807, 2.05) is 0 Å². The molecule has 0 aliphatic carbocycles. The number of imide groups is 1. The van der Waals surface area contributed by atoms with E-state index in [1.54, 1.807) is 6.92 Å². The molecule has 3 amide bonds. The van der Waals surface area contributed by atoms with Gasteiger partial charge in [0.1, 0.15) is 0 Å². The highest BCUT2D eigenvalue weighted by atomic mass is 16.2. The lowest BCUT2D eigenvalue weighted by atomic mass is 9.98. The van der Waals surface area contributed by atoms with E-state index in [1.165, 1.54) is 0 Å². The molecule has 0 saturated carbocycles. The van der Waals surface area contributed by atoms with Gasteiger partial charge in [-0.05, 0) is 38.8 Å². The number of amides is 3. The Morgan fingerprint density at radius 3 is 2.88 bits per heavy atom. The Kier molecular flexibility index (Phi) is 5.93. The first-order chi connectivity index (χ1) is 8.15. The van der Waals surface area contributed by atoms with Crippen molar-refractivity contribution >= 4 is 11.9 Å². The van der Waals surface area contributed by atoms with Gasteiger partial charge in [-0.3, -0.25) is 15.0 Å². The largest absolute Gasteiger partial charge is 0.338 e. The molecular weight excluding hydrogens is 220 g/mol. The number of rotatable bonds is 4. The summed E-state index contributed by atoms with van der Waals surface area (Å²) in [4.78, 5) is 24.7. The molecule has 4 N–H and O–H groups in total. The van der Waals surface area contributed by atoms with Crippen molar-refractivity contribution in [2.75, 3.05) is 32.7 Å². The van der Waals surface area contributed by atoms with Crippen LogP contribution in [0.5, 0.6) is 0 Å². The molecule has 0 aromatic heterocycles. The predicted molar refractivity (Wildman–Crippen MR) is 65.4 cm³/mol. The number of carbonyl (C=O) groups excluding carboxylic acids is 2. The fourth-order valence-electron chi connectivity index (χ4n) is 2.06. The van der Waals surface area contributed by atoms with Crippen molar-refractivity contribution in [3.05, 3.63) is 0 Å². The van der Waals surface area contributed by atoms with E-state index in [0.717, 1.165) is 25.9 Å². The second-order valence-electron chi connectivity index (χ2n) is 4.39. The third-order valence-electron chi connectivity index (χ3n) is 2.89. The van der Waals surface area contributed by atoms with Gasteiger partial charge < -0.3 is 11.1 Å². The summed E-state index contributed by atoms with van der Waals surface area (Å²) in [5.74, 6) is 0.217. The van der Waals surface area contributed by atoms with Crippen LogP contribution in [0.25, 0.3) is 0 Å². The summed E-state index contributed by atoms with van der Waals surface area (Å²) in [6.07, 6.45) is 2.20. The highest BCUT2D eigenvalue weighted by Gasteiger charge is 2.20. The van der Waals surface area contributed by atoms with E-state index in [9.17, 15) is 9.59 Å². The molecule has 17 heavy (non-hydrogen) atoms. The zero-order chi connectivity index (χ0) is 12.7. The quantitative estimate of drug-likeness (QED) is 0.620. The van der Waals surface area contributed by atoms with E-state index in [4.69, 9.17) is 5.73 Å². The molecule has 0 aromatic carbocycles. The van der Waals surface area contributed by atoms with Gasteiger partial charge in [0.25, 0.3) is 0 Å². The lowest BCUT2D eigenvalue weighted by molar-refractivity contribution is -0.121. The molecule has 0 spiro atoms.